The van der Waals surface area contributed by atoms with Crippen LogP contribution in [-0.2, 0) is 44.7 Å². The number of carbonyl (C=O) groups is 4. The van der Waals surface area contributed by atoms with Crippen LogP contribution in [0, 0.1) is 0 Å². The first kappa shape index (κ1) is 52.1. The Morgan fingerprint density at radius 3 is 1.79 bits per heavy atom. The minimum atomic E-state index is -5.57. The molecule has 32 heteroatoms. The van der Waals surface area contributed by atoms with Gasteiger partial charge in [0.05, 0.1) is 29.4 Å². The first-order chi connectivity index (χ1) is 33.3. The van der Waals surface area contributed by atoms with Gasteiger partial charge in [0.15, 0.2) is 11.5 Å². The van der Waals surface area contributed by atoms with Gasteiger partial charge in [0, 0.05) is 35.5 Å². The Kier molecular flexibility index (Phi) is 15.3. The highest BCUT2D eigenvalue weighted by molar-refractivity contribution is 7.86. The van der Waals surface area contributed by atoms with Gasteiger partial charge in [0.1, 0.15) is 62.9 Å². The highest BCUT2D eigenvalue weighted by atomic mass is 32.2. The van der Waals surface area contributed by atoms with Crippen molar-refractivity contribution in [1.82, 2.24) is 0 Å². The Labute approximate surface area is 398 Å². The number of rotatable bonds is 19. The lowest BCUT2D eigenvalue weighted by atomic mass is 10.1. The molecule has 6 rings (SSSR count). The highest BCUT2D eigenvalue weighted by Crippen LogP contribution is 2.47. The van der Waals surface area contributed by atoms with Gasteiger partial charge in [-0.05, 0) is 60.7 Å². The third-order valence-corrected chi connectivity index (χ3v) is 12.0. The van der Waals surface area contributed by atoms with Crippen LogP contribution in [0.3, 0.4) is 0 Å². The summed E-state index contributed by atoms with van der Waals surface area (Å²) in [5.41, 5.74) is -4.20. The van der Waals surface area contributed by atoms with E-state index in [2.05, 4.69) is 41.1 Å². The highest BCUT2D eigenvalue weighted by Gasteiger charge is 2.41. The molecular weight excluding hydrogens is 1010 g/mol. The van der Waals surface area contributed by atoms with E-state index in [4.69, 9.17) is 9.47 Å². The molecule has 2 amide bonds. The van der Waals surface area contributed by atoms with Crippen molar-refractivity contribution < 1.29 is 93.1 Å². The number of nitrogens with zero attached hydrogens (tertiary/aromatic N) is 8. The number of hydrogen-bond acceptors (Lipinski definition) is 22. The zero-order valence-corrected chi connectivity index (χ0v) is 38.1. The van der Waals surface area contributed by atoms with Gasteiger partial charge in [0.2, 0.25) is 11.9 Å². The Hall–Kier alpha value is -8.24. The van der Waals surface area contributed by atoms with Crippen LogP contribution in [0.25, 0.3) is 10.8 Å². The predicted molar refractivity (Wildman–Crippen MR) is 240 cm³/mol. The lowest BCUT2D eigenvalue weighted by Crippen LogP contribution is -2.33. The molecule has 1 aliphatic heterocycles. The number of amides is 2. The summed E-state index contributed by atoms with van der Waals surface area (Å²) in [6.45, 7) is -0.762. The van der Waals surface area contributed by atoms with E-state index in [9.17, 15) is 83.6 Å². The van der Waals surface area contributed by atoms with Gasteiger partial charge >= 0.3 is 11.9 Å². The second-order valence-electron chi connectivity index (χ2n) is 14.1. The fraction of sp³-hybridized carbons (Fsp3) is 0.154. The molecule has 71 heavy (non-hydrogen) atoms. The largest absolute Gasteiger partial charge is 0.505 e. The topological polar surface area (TPSA) is 453 Å². The van der Waals surface area contributed by atoms with E-state index < -0.39 is 135 Å². The molecule has 0 bridgehead atoms. The number of aliphatic carboxylic acids is 1. The normalized spacial score (nSPS) is 14.5. The van der Waals surface area contributed by atoms with Crippen LogP contribution < -0.4 is 19.8 Å². The fourth-order valence-electron chi connectivity index (χ4n) is 6.32. The number of benzene rings is 5. The van der Waals surface area contributed by atoms with E-state index in [1.54, 1.807) is 0 Å². The van der Waals surface area contributed by atoms with E-state index in [0.717, 1.165) is 54.6 Å². The van der Waals surface area contributed by atoms with Crippen molar-refractivity contribution in [2.45, 2.75) is 27.7 Å². The maximum absolute atomic E-state index is 13.4. The maximum atomic E-state index is 13.4. The number of hydrogen-bond donors (Lipinski definition) is 9. The lowest BCUT2D eigenvalue weighted by Gasteiger charge is -2.14. The minimum absolute atomic E-state index is 0.130. The van der Waals surface area contributed by atoms with Crippen LogP contribution in [-0.4, -0.2) is 126 Å². The van der Waals surface area contributed by atoms with Crippen LogP contribution in [0.1, 0.15) is 17.3 Å². The third kappa shape index (κ3) is 11.8. The standard InChI is InChI=1S/C39H33N9O20S3/c1-18(51)40-19-2-8-25(24(14-19)38(54)55)41-43-27-16-30(68-13-11-50)28(17-29(27)67-12-10-49)44-45-32-31(70(61,62)63)15-23-22(35(32)52)7-9-26(36(23)71(64,65)66)42-46-33-34(39(56)57)47-48(37(33)53)20-3-5-21(6-4-20)69(58,59)60/h2-9,14-17,33,49-50,52H,10-13H2,1H3,(H,40,51)(H,54,55)(H,56,57)(H,58,59,60)(H,61,62,63)(H,64,65,66)/b43-41+,45-44+,46-42+. The number of aliphatic hydroxyl groups excluding tert-OH is 2. The second-order valence-corrected chi connectivity index (χ2v) is 18.3. The van der Waals surface area contributed by atoms with Crippen LogP contribution in [0.5, 0.6) is 17.2 Å². The monoisotopic (exact) mass is 1040 g/mol. The molecule has 5 aromatic rings. The van der Waals surface area contributed by atoms with Gasteiger partial charge in [0.25, 0.3) is 36.3 Å². The average Bonchev–Trinajstić information content (AvgIpc) is 3.63. The minimum Gasteiger partial charge on any atom is -0.505 e. The number of carbonyl (C=O) groups excluding carboxylic acids is 2. The number of ether oxygens (including phenoxy) is 2. The number of aromatic hydroxyl groups is 1. The van der Waals surface area contributed by atoms with Crippen molar-refractivity contribution >= 4 is 110 Å². The number of hydrazone groups is 1. The summed E-state index contributed by atoms with van der Waals surface area (Å²) in [5.74, 6) is -6.73. The van der Waals surface area contributed by atoms with Gasteiger partial charge in [-0.15, -0.1) is 20.5 Å². The van der Waals surface area contributed by atoms with Gasteiger partial charge in [-0.25, -0.2) is 9.59 Å². The summed E-state index contributed by atoms with van der Waals surface area (Å²) in [7, 11) is -15.8. The smallest absolute Gasteiger partial charge is 0.355 e. The number of phenolic OH excluding ortho intramolecular Hbond substituents is 1. The molecule has 9 N–H and O–H groups in total. The lowest BCUT2D eigenvalue weighted by molar-refractivity contribution is -0.130. The molecule has 0 aliphatic carbocycles. The molecule has 0 aromatic heterocycles. The molecule has 0 fully saturated rings. The van der Waals surface area contributed by atoms with Crippen LogP contribution in [0.2, 0.25) is 0 Å². The van der Waals surface area contributed by atoms with Crippen LogP contribution >= 0.6 is 0 Å². The Balaban J connectivity index is 1.44. The number of azo groups is 3. The van der Waals surface area contributed by atoms with E-state index in [0.29, 0.717) is 11.1 Å². The molecule has 1 unspecified atom stereocenters. The molecule has 1 heterocycles. The molecule has 0 radical (unpaired) electrons. The third-order valence-electron chi connectivity index (χ3n) is 9.30. The van der Waals surface area contributed by atoms with Gasteiger partial charge in [-0.1, -0.05) is 0 Å². The van der Waals surface area contributed by atoms with Gasteiger partial charge < -0.3 is 40.3 Å². The van der Waals surface area contributed by atoms with Crippen LogP contribution in [0.4, 0.5) is 39.8 Å². The summed E-state index contributed by atoms with van der Waals surface area (Å²) in [6, 6.07) is 9.50. The van der Waals surface area contributed by atoms with E-state index in [1.165, 1.54) is 19.1 Å². The van der Waals surface area contributed by atoms with Crippen molar-refractivity contribution in [3.8, 4) is 17.2 Å². The van der Waals surface area contributed by atoms with Crippen molar-refractivity contribution in [3.05, 3.63) is 78.4 Å². The van der Waals surface area contributed by atoms with Crippen molar-refractivity contribution in [2.75, 3.05) is 36.8 Å². The number of nitrogens with one attached hydrogen (secondary N) is 1. The maximum Gasteiger partial charge on any atom is 0.355 e. The molecule has 29 nitrogen and oxygen atoms in total. The number of anilines is 2. The quantitative estimate of drug-likeness (QED) is 0.0407. The second kappa shape index (κ2) is 20.8. The molecule has 0 saturated carbocycles. The average molecular weight is 1040 g/mol. The summed E-state index contributed by atoms with van der Waals surface area (Å²) in [4.78, 5) is 45.8. The van der Waals surface area contributed by atoms with Crippen molar-refractivity contribution in [3.63, 3.8) is 0 Å². The molecule has 0 spiro atoms. The number of aliphatic hydroxyl groups is 2. The van der Waals surface area contributed by atoms with Crippen molar-refractivity contribution in [1.29, 1.82) is 0 Å². The molecule has 5 aromatic carbocycles. The zero-order chi connectivity index (χ0) is 52.2. The molecule has 372 valence electrons. The summed E-state index contributed by atoms with van der Waals surface area (Å²) in [5, 5.41) is 78.2. The number of carboxylic acid groups (broad SMARTS) is 2. The Bertz CT molecular complexity index is 3490. The Morgan fingerprint density at radius 2 is 1.27 bits per heavy atom. The molecular formula is C39H33N9O20S3. The Morgan fingerprint density at radius 1 is 0.690 bits per heavy atom. The fourth-order valence-corrected chi connectivity index (χ4v) is 8.27. The zero-order valence-electron chi connectivity index (χ0n) is 35.6. The van der Waals surface area contributed by atoms with E-state index >= 15 is 0 Å². The van der Waals surface area contributed by atoms with Gasteiger partial charge in [-0.2, -0.15) is 45.6 Å². The molecule has 1 atom stereocenters. The van der Waals surface area contributed by atoms with Crippen LogP contribution in [0.15, 0.2) is 123 Å². The summed E-state index contributed by atoms with van der Waals surface area (Å²) >= 11 is 0. The summed E-state index contributed by atoms with van der Waals surface area (Å²) < 4.78 is 116. The molecule has 0 saturated heterocycles. The number of fused-ring (bicyclic) bond motifs is 1. The number of phenols is 1. The molecule has 1 aliphatic rings. The van der Waals surface area contributed by atoms with E-state index in [-0.39, 0.29) is 45.5 Å². The SMILES string of the molecule is CC(=O)Nc1ccc(/N=N/c2cc(OCCO)c(/N=N/c3c(S(=O)(=O)O)cc4c(S(=O)(=O)O)c(/N=N/C5C(=O)N(c6ccc(S(=O)(=O)O)cc6)N=C5C(=O)O)ccc4c3O)cc2OCCO)c(C(=O)O)c1. The first-order valence-electron chi connectivity index (χ1n) is 19.4. The summed E-state index contributed by atoms with van der Waals surface area (Å²) in [6.07, 6.45) is 0. The van der Waals surface area contributed by atoms with Gasteiger partial charge in [-0.3, -0.25) is 23.2 Å². The number of carboxylic acids is 2. The predicted octanol–water partition coefficient (Wildman–Crippen LogP) is 4.45. The number of aromatic carboxylic acids is 1. The van der Waals surface area contributed by atoms with E-state index in [1.807, 2.05) is 0 Å². The van der Waals surface area contributed by atoms with Crippen molar-refractivity contribution in [2.24, 2.45) is 35.8 Å². The first-order valence-corrected chi connectivity index (χ1v) is 23.7.